The lowest BCUT2D eigenvalue weighted by Gasteiger charge is -2.27. The van der Waals surface area contributed by atoms with Crippen LogP contribution in [0.2, 0.25) is 0 Å². The van der Waals surface area contributed by atoms with Crippen LogP contribution in [0.3, 0.4) is 0 Å². The maximum absolute atomic E-state index is 13.3. The van der Waals surface area contributed by atoms with Gasteiger partial charge in [-0.1, -0.05) is 12.1 Å². The molecule has 2 N–H and O–H groups in total. The number of carbonyl (C=O) groups is 2. The smallest absolute Gasteiger partial charge is 0.295 e. The molecule has 1 saturated heterocycles. The predicted octanol–water partition coefficient (Wildman–Crippen LogP) is 1.04. The standard InChI is InChI=1S/C25H28N2O7/c1-26(2)10-11-27-21(16-6-5-7-18(31-3)24(16)32-4)20(23(29)25(27)30)22(28)15-8-9-17-19(14-15)34-13-12-33-17/h5-9,14,21,28H,10-13H2,1-4H3/p+1/t21-/m1/s1. The van der Waals surface area contributed by atoms with Crippen molar-refractivity contribution < 1.29 is 38.5 Å². The fraction of sp³-hybridized carbons (Fsp3) is 0.360. The summed E-state index contributed by atoms with van der Waals surface area (Å²) in [5.74, 6) is 0.172. The molecule has 4 rings (SSSR count). The average molecular weight is 470 g/mol. The van der Waals surface area contributed by atoms with Gasteiger partial charge < -0.3 is 33.9 Å². The van der Waals surface area contributed by atoms with Gasteiger partial charge in [-0.3, -0.25) is 9.59 Å². The molecule has 180 valence electrons. The number of likely N-dealkylation sites (tertiary alicyclic amines) is 1. The number of likely N-dealkylation sites (N-methyl/N-ethyl adjacent to an activating group) is 1. The summed E-state index contributed by atoms with van der Waals surface area (Å²) in [6.45, 7) is 1.75. The summed E-state index contributed by atoms with van der Waals surface area (Å²) in [5.41, 5.74) is 0.892. The highest BCUT2D eigenvalue weighted by Crippen LogP contribution is 2.45. The highest BCUT2D eigenvalue weighted by molar-refractivity contribution is 6.46. The van der Waals surface area contributed by atoms with Gasteiger partial charge in [0.25, 0.3) is 11.7 Å². The fourth-order valence-corrected chi connectivity index (χ4v) is 4.25. The van der Waals surface area contributed by atoms with E-state index >= 15 is 0 Å². The molecular weight excluding hydrogens is 440 g/mol. The molecule has 2 aliphatic heterocycles. The largest absolute Gasteiger partial charge is 0.507 e. The molecule has 0 aromatic heterocycles. The van der Waals surface area contributed by atoms with Gasteiger partial charge in [-0.05, 0) is 24.3 Å². The van der Waals surface area contributed by atoms with E-state index < -0.39 is 17.7 Å². The number of hydrogen-bond donors (Lipinski definition) is 2. The number of nitrogens with zero attached hydrogens (tertiary/aromatic N) is 1. The molecule has 0 saturated carbocycles. The molecule has 9 heteroatoms. The topological polar surface area (TPSA) is 99.0 Å². The first kappa shape index (κ1) is 23.4. The van der Waals surface area contributed by atoms with Crippen LogP contribution in [0.5, 0.6) is 23.0 Å². The highest BCUT2D eigenvalue weighted by atomic mass is 16.6. The number of ketones is 1. The lowest BCUT2D eigenvalue weighted by Crippen LogP contribution is -3.06. The summed E-state index contributed by atoms with van der Waals surface area (Å²) >= 11 is 0. The zero-order valence-corrected chi connectivity index (χ0v) is 19.7. The summed E-state index contributed by atoms with van der Waals surface area (Å²) in [4.78, 5) is 29.0. The Morgan fingerprint density at radius 2 is 1.82 bits per heavy atom. The van der Waals surface area contributed by atoms with Crippen molar-refractivity contribution in [1.29, 1.82) is 0 Å². The molecule has 2 heterocycles. The van der Waals surface area contributed by atoms with E-state index in [0.29, 0.717) is 60.4 Å². The molecule has 2 aromatic rings. The number of Topliss-reactive ketones (excluding diaryl/α,β-unsaturated/α-hetero) is 1. The van der Waals surface area contributed by atoms with E-state index in [4.69, 9.17) is 18.9 Å². The molecule has 0 bridgehead atoms. The summed E-state index contributed by atoms with van der Waals surface area (Å²) in [5, 5.41) is 11.3. The number of para-hydroxylation sites is 1. The number of rotatable bonds is 7. The van der Waals surface area contributed by atoms with Crippen LogP contribution in [-0.2, 0) is 9.59 Å². The summed E-state index contributed by atoms with van der Waals surface area (Å²) < 4.78 is 22.2. The fourth-order valence-electron chi connectivity index (χ4n) is 4.25. The first-order valence-electron chi connectivity index (χ1n) is 11.1. The molecule has 34 heavy (non-hydrogen) atoms. The Bertz CT molecular complexity index is 1140. The number of fused-ring (bicyclic) bond motifs is 1. The van der Waals surface area contributed by atoms with Gasteiger partial charge in [0.1, 0.15) is 19.0 Å². The molecule has 2 aromatic carbocycles. The monoisotopic (exact) mass is 469 g/mol. The third-order valence-electron chi connectivity index (χ3n) is 5.94. The van der Waals surface area contributed by atoms with Crippen LogP contribution in [0.25, 0.3) is 5.76 Å². The predicted molar refractivity (Wildman–Crippen MR) is 124 cm³/mol. The lowest BCUT2D eigenvalue weighted by molar-refractivity contribution is -0.857. The molecule has 2 aliphatic rings. The van der Waals surface area contributed by atoms with Crippen LogP contribution in [0, 0.1) is 0 Å². The normalized spacial score (nSPS) is 19.0. The maximum Gasteiger partial charge on any atom is 0.295 e. The molecule has 9 nitrogen and oxygen atoms in total. The number of carbonyl (C=O) groups excluding carboxylic acids is 2. The van der Waals surface area contributed by atoms with Crippen molar-refractivity contribution in [2.45, 2.75) is 6.04 Å². The number of nitrogens with one attached hydrogen (secondary N) is 1. The first-order chi connectivity index (χ1) is 16.4. The van der Waals surface area contributed by atoms with Gasteiger partial charge >= 0.3 is 0 Å². The Morgan fingerprint density at radius 3 is 2.50 bits per heavy atom. The Labute approximate surface area is 198 Å². The van der Waals surface area contributed by atoms with E-state index in [1.165, 1.54) is 19.1 Å². The zero-order chi connectivity index (χ0) is 24.4. The second-order valence-electron chi connectivity index (χ2n) is 8.39. The van der Waals surface area contributed by atoms with Gasteiger partial charge in [-0.2, -0.15) is 0 Å². The minimum atomic E-state index is -0.849. The van der Waals surface area contributed by atoms with Crippen LogP contribution in [-0.4, -0.2) is 76.3 Å². The summed E-state index contributed by atoms with van der Waals surface area (Å²) in [7, 11) is 6.95. The number of aliphatic hydroxyl groups excluding tert-OH is 1. The average Bonchev–Trinajstić information content (AvgIpc) is 3.10. The SMILES string of the molecule is COc1cccc([C@@H]2C(=C(O)c3ccc4c(c3)OCCO4)C(=O)C(=O)N2CC[NH+](C)C)c1OC. The quantitative estimate of drug-likeness (QED) is 0.355. The van der Waals surface area contributed by atoms with E-state index in [1.807, 2.05) is 14.1 Å². The Hall–Kier alpha value is -3.72. The van der Waals surface area contributed by atoms with Gasteiger partial charge in [0.15, 0.2) is 23.0 Å². The number of amides is 1. The number of hydrogen-bond acceptors (Lipinski definition) is 7. The third-order valence-corrected chi connectivity index (χ3v) is 5.94. The number of aliphatic hydroxyl groups is 1. The highest BCUT2D eigenvalue weighted by Gasteiger charge is 2.47. The van der Waals surface area contributed by atoms with Gasteiger partial charge in [0.05, 0.1) is 53.0 Å². The molecule has 0 aliphatic carbocycles. The van der Waals surface area contributed by atoms with Crippen LogP contribution in [0.4, 0.5) is 0 Å². The maximum atomic E-state index is 13.3. The number of quaternary nitrogens is 1. The molecule has 0 radical (unpaired) electrons. The van der Waals surface area contributed by atoms with Gasteiger partial charge in [0, 0.05) is 11.1 Å². The van der Waals surface area contributed by atoms with Crippen molar-refractivity contribution in [2.24, 2.45) is 0 Å². The van der Waals surface area contributed by atoms with Crippen LogP contribution < -0.4 is 23.8 Å². The van der Waals surface area contributed by atoms with Crippen LogP contribution in [0.15, 0.2) is 42.0 Å². The third kappa shape index (κ3) is 4.14. The molecule has 1 fully saturated rings. The Kier molecular flexibility index (Phi) is 6.65. The molecule has 0 unspecified atom stereocenters. The second-order valence-corrected chi connectivity index (χ2v) is 8.39. The van der Waals surface area contributed by atoms with Gasteiger partial charge in [-0.25, -0.2) is 0 Å². The van der Waals surface area contributed by atoms with Crippen molar-refractivity contribution in [3.8, 4) is 23.0 Å². The molecule has 1 atom stereocenters. The van der Waals surface area contributed by atoms with Crippen molar-refractivity contribution in [3.05, 3.63) is 53.1 Å². The van der Waals surface area contributed by atoms with E-state index in [2.05, 4.69) is 0 Å². The number of benzene rings is 2. The summed E-state index contributed by atoms with van der Waals surface area (Å²) in [6, 6.07) is 9.34. The number of methoxy groups -OCH3 is 2. The first-order valence-corrected chi connectivity index (χ1v) is 11.1. The summed E-state index contributed by atoms with van der Waals surface area (Å²) in [6.07, 6.45) is 0. The van der Waals surface area contributed by atoms with Crippen molar-refractivity contribution >= 4 is 17.4 Å². The molecule has 0 spiro atoms. The van der Waals surface area contributed by atoms with Gasteiger partial charge in [0.2, 0.25) is 0 Å². The van der Waals surface area contributed by atoms with E-state index in [-0.39, 0.29) is 11.3 Å². The minimum Gasteiger partial charge on any atom is -0.507 e. The van der Waals surface area contributed by atoms with E-state index in [0.717, 1.165) is 4.90 Å². The van der Waals surface area contributed by atoms with Gasteiger partial charge in [-0.15, -0.1) is 0 Å². The second kappa shape index (κ2) is 9.64. The van der Waals surface area contributed by atoms with Crippen LogP contribution >= 0.6 is 0 Å². The number of ether oxygens (including phenoxy) is 4. The van der Waals surface area contributed by atoms with Crippen molar-refractivity contribution in [1.82, 2.24) is 4.90 Å². The van der Waals surface area contributed by atoms with Crippen LogP contribution in [0.1, 0.15) is 17.2 Å². The van der Waals surface area contributed by atoms with Crippen molar-refractivity contribution in [2.75, 3.05) is 54.6 Å². The molecular formula is C25H29N2O7+. The van der Waals surface area contributed by atoms with E-state index in [9.17, 15) is 14.7 Å². The zero-order valence-electron chi connectivity index (χ0n) is 19.7. The lowest BCUT2D eigenvalue weighted by atomic mass is 9.94. The van der Waals surface area contributed by atoms with Crippen molar-refractivity contribution in [3.63, 3.8) is 0 Å². The Morgan fingerprint density at radius 1 is 1.09 bits per heavy atom. The van der Waals surface area contributed by atoms with E-state index in [1.54, 1.807) is 36.4 Å². The molecule has 1 amide bonds. The Balaban J connectivity index is 1.89. The minimum absolute atomic E-state index is 0.0120.